The van der Waals surface area contributed by atoms with Crippen molar-refractivity contribution in [1.82, 2.24) is 10.0 Å². The molecule has 3 heterocycles. The summed E-state index contributed by atoms with van der Waals surface area (Å²) in [4.78, 5) is 29.6. The van der Waals surface area contributed by atoms with Crippen molar-refractivity contribution in [2.24, 2.45) is 5.92 Å². The number of amides is 2. The van der Waals surface area contributed by atoms with Gasteiger partial charge in [0.25, 0.3) is 5.91 Å². The summed E-state index contributed by atoms with van der Waals surface area (Å²) in [5, 5.41) is 4.33. The van der Waals surface area contributed by atoms with Crippen molar-refractivity contribution < 1.29 is 14.0 Å². The molecule has 3 saturated heterocycles. The van der Waals surface area contributed by atoms with E-state index in [0.29, 0.717) is 12.2 Å². The topological polar surface area (TPSA) is 43.9 Å². The molecule has 0 aliphatic carbocycles. The number of hydrogen-bond acceptors (Lipinski definition) is 4. The van der Waals surface area contributed by atoms with Gasteiger partial charge in [0, 0.05) is 13.1 Å². The molecule has 0 N–H and O–H groups in total. The number of carbonyl (C=O) groups excluding carboxylic acids is 2. The van der Waals surface area contributed by atoms with Crippen LogP contribution in [0.3, 0.4) is 0 Å². The Hall–Kier alpha value is -3.35. The fourth-order valence-corrected chi connectivity index (χ4v) is 5.82. The van der Waals surface area contributed by atoms with Crippen molar-refractivity contribution in [2.75, 3.05) is 18.0 Å². The number of carbonyl (C=O) groups is 2. The van der Waals surface area contributed by atoms with Gasteiger partial charge >= 0.3 is 0 Å². The average Bonchev–Trinajstić information content (AvgIpc) is 3.46. The van der Waals surface area contributed by atoms with Crippen molar-refractivity contribution in [3.63, 3.8) is 0 Å². The summed E-state index contributed by atoms with van der Waals surface area (Å²) in [6.45, 7) is 1.49. The first-order valence-electron chi connectivity index (χ1n) is 10.9. The Morgan fingerprint density at radius 2 is 1.47 bits per heavy atom. The molecule has 0 radical (unpaired) electrons. The third kappa shape index (κ3) is 2.45. The molecular formula is C26H22FN3O2. The van der Waals surface area contributed by atoms with Gasteiger partial charge in [0.2, 0.25) is 5.91 Å². The van der Waals surface area contributed by atoms with Gasteiger partial charge in [0.15, 0.2) is 5.54 Å². The van der Waals surface area contributed by atoms with Gasteiger partial charge in [-0.25, -0.2) is 19.3 Å². The minimum absolute atomic E-state index is 0.242. The lowest BCUT2D eigenvalue weighted by Gasteiger charge is -2.36. The summed E-state index contributed by atoms with van der Waals surface area (Å²) < 4.78 is 13.6. The van der Waals surface area contributed by atoms with Gasteiger partial charge in [-0.1, -0.05) is 60.7 Å². The zero-order chi connectivity index (χ0) is 21.9. The zero-order valence-electron chi connectivity index (χ0n) is 17.4. The number of hydrogen-bond donors (Lipinski definition) is 0. The largest absolute Gasteiger partial charge is 0.274 e. The lowest BCUT2D eigenvalue weighted by atomic mass is 9.75. The number of anilines is 1. The minimum Gasteiger partial charge on any atom is -0.274 e. The number of halogens is 1. The molecule has 32 heavy (non-hydrogen) atoms. The maximum absolute atomic E-state index is 14.3. The molecular weight excluding hydrogens is 405 g/mol. The van der Waals surface area contributed by atoms with Crippen LogP contribution in [0.5, 0.6) is 0 Å². The van der Waals surface area contributed by atoms with Crippen LogP contribution in [-0.2, 0) is 15.1 Å². The highest BCUT2D eigenvalue weighted by Gasteiger charge is 2.73. The molecule has 6 rings (SSSR count). The number of rotatable bonds is 3. The van der Waals surface area contributed by atoms with E-state index in [9.17, 15) is 14.0 Å². The molecule has 3 aromatic carbocycles. The first-order chi connectivity index (χ1) is 15.6. The molecule has 160 valence electrons. The van der Waals surface area contributed by atoms with Gasteiger partial charge in [0.05, 0.1) is 17.6 Å². The molecule has 0 bridgehead atoms. The molecule has 0 aromatic heterocycles. The Bertz CT molecular complexity index is 1180. The van der Waals surface area contributed by atoms with Crippen molar-refractivity contribution in [1.29, 1.82) is 0 Å². The quantitative estimate of drug-likeness (QED) is 0.595. The molecule has 3 aromatic rings. The van der Waals surface area contributed by atoms with E-state index in [0.717, 1.165) is 24.1 Å². The lowest BCUT2D eigenvalue weighted by molar-refractivity contribution is -0.134. The Balaban J connectivity index is 1.60. The Morgan fingerprint density at radius 1 is 0.812 bits per heavy atom. The first-order valence-corrected chi connectivity index (χ1v) is 10.9. The molecule has 6 heteroatoms. The number of imide groups is 1. The fraction of sp³-hybridized carbons (Fsp3) is 0.231. The van der Waals surface area contributed by atoms with Gasteiger partial charge in [0.1, 0.15) is 5.82 Å². The van der Waals surface area contributed by atoms with Crippen LogP contribution < -0.4 is 4.90 Å². The summed E-state index contributed by atoms with van der Waals surface area (Å²) in [5.41, 5.74) is 1.12. The molecule has 0 saturated carbocycles. The number of nitrogens with zero attached hydrogens (tertiary/aromatic N) is 3. The van der Waals surface area contributed by atoms with E-state index < -0.39 is 17.3 Å². The van der Waals surface area contributed by atoms with E-state index in [1.807, 2.05) is 60.7 Å². The third-order valence-electron chi connectivity index (χ3n) is 7.02. The third-order valence-corrected chi connectivity index (χ3v) is 7.02. The molecule has 2 amide bonds. The normalized spacial score (nSPS) is 27.7. The highest BCUT2D eigenvalue weighted by Crippen LogP contribution is 2.59. The summed E-state index contributed by atoms with van der Waals surface area (Å²) >= 11 is 0. The summed E-state index contributed by atoms with van der Waals surface area (Å²) in [6.07, 6.45) is 0.919. The van der Waals surface area contributed by atoms with Crippen molar-refractivity contribution in [3.05, 3.63) is 102 Å². The Kier molecular flexibility index (Phi) is 4.28. The van der Waals surface area contributed by atoms with Gasteiger partial charge in [-0.2, -0.15) is 0 Å². The molecule has 5 nitrogen and oxygen atoms in total. The zero-order valence-corrected chi connectivity index (χ0v) is 17.4. The summed E-state index contributed by atoms with van der Waals surface area (Å²) in [7, 11) is 0. The average molecular weight is 427 g/mol. The highest BCUT2D eigenvalue weighted by molar-refractivity contribution is 6.26. The number of fused-ring (bicyclic) bond motifs is 3. The van der Waals surface area contributed by atoms with Gasteiger partial charge in [-0.3, -0.25) is 9.59 Å². The predicted molar refractivity (Wildman–Crippen MR) is 118 cm³/mol. The van der Waals surface area contributed by atoms with E-state index in [1.165, 1.54) is 29.2 Å². The van der Waals surface area contributed by atoms with Crippen LogP contribution >= 0.6 is 0 Å². The molecule has 3 atom stereocenters. The molecule has 3 aliphatic heterocycles. The van der Waals surface area contributed by atoms with E-state index in [2.05, 4.69) is 10.0 Å². The number of hydrazine groups is 1. The molecule has 3 fully saturated rings. The highest BCUT2D eigenvalue weighted by atomic mass is 19.1. The Morgan fingerprint density at radius 3 is 2.16 bits per heavy atom. The van der Waals surface area contributed by atoms with Crippen molar-refractivity contribution in [3.8, 4) is 0 Å². The van der Waals surface area contributed by atoms with Crippen molar-refractivity contribution in [2.45, 2.75) is 18.0 Å². The van der Waals surface area contributed by atoms with Gasteiger partial charge in [-0.05, 0) is 41.8 Å². The van der Waals surface area contributed by atoms with E-state index in [1.54, 1.807) is 0 Å². The van der Waals surface area contributed by atoms with Crippen LogP contribution in [0.1, 0.15) is 23.6 Å². The van der Waals surface area contributed by atoms with Crippen molar-refractivity contribution >= 4 is 17.5 Å². The smallest absolute Gasteiger partial charge is 0.261 e. The molecule has 0 unspecified atom stereocenters. The van der Waals surface area contributed by atoms with E-state index in [4.69, 9.17) is 0 Å². The first kappa shape index (κ1) is 19.3. The predicted octanol–water partition coefficient (Wildman–Crippen LogP) is 3.89. The number of benzene rings is 3. The second-order valence-corrected chi connectivity index (χ2v) is 8.56. The van der Waals surface area contributed by atoms with E-state index in [-0.39, 0.29) is 17.9 Å². The second-order valence-electron chi connectivity index (χ2n) is 8.56. The van der Waals surface area contributed by atoms with Crippen LogP contribution in [0.2, 0.25) is 0 Å². The van der Waals surface area contributed by atoms with Crippen LogP contribution in [0.4, 0.5) is 10.1 Å². The summed E-state index contributed by atoms with van der Waals surface area (Å²) in [6, 6.07) is 24.9. The molecule has 0 spiro atoms. The van der Waals surface area contributed by atoms with Crippen LogP contribution in [0, 0.1) is 11.7 Å². The SMILES string of the molecule is O=C1[C@@H]2[C@@H](c3ccccc3)N3CCCN3[C@@]2(c2ccccc2)C(=O)N1c1ccc(F)cc1. The monoisotopic (exact) mass is 427 g/mol. The van der Waals surface area contributed by atoms with Gasteiger partial charge in [-0.15, -0.1) is 0 Å². The van der Waals surface area contributed by atoms with E-state index >= 15 is 0 Å². The minimum atomic E-state index is -1.12. The lowest BCUT2D eigenvalue weighted by Crippen LogP contribution is -2.52. The molecule has 3 aliphatic rings. The maximum atomic E-state index is 14.3. The second kappa shape index (κ2) is 7.08. The van der Waals surface area contributed by atoms with Crippen LogP contribution in [0.25, 0.3) is 0 Å². The van der Waals surface area contributed by atoms with Crippen LogP contribution in [-0.4, -0.2) is 34.9 Å². The fourth-order valence-electron chi connectivity index (χ4n) is 5.82. The van der Waals surface area contributed by atoms with Gasteiger partial charge < -0.3 is 0 Å². The van der Waals surface area contributed by atoms with Crippen LogP contribution in [0.15, 0.2) is 84.9 Å². The Labute approximate surface area is 185 Å². The summed E-state index contributed by atoms with van der Waals surface area (Å²) in [5.74, 6) is -1.52. The standard InChI is InChI=1S/C26H22FN3O2/c27-20-12-14-21(15-13-20)30-24(31)22-23(18-8-3-1-4-9-18)28-16-7-17-29(28)26(22,25(30)32)19-10-5-2-6-11-19/h1-6,8-15,22-23H,7,16-17H2/t22-,23+,26+/m0/s1. The maximum Gasteiger partial charge on any atom is 0.261 e.